The number of nitrogens with zero attached hydrogens (tertiary/aromatic N) is 4. The first-order valence-corrected chi connectivity index (χ1v) is 6.31. The summed E-state index contributed by atoms with van der Waals surface area (Å²) in [6.45, 7) is 1.08. The van der Waals surface area contributed by atoms with E-state index >= 15 is 0 Å². The molecule has 19 heavy (non-hydrogen) atoms. The fourth-order valence-corrected chi connectivity index (χ4v) is 1.74. The Labute approximate surface area is 125 Å². The van der Waals surface area contributed by atoms with Crippen molar-refractivity contribution in [2.45, 2.75) is 12.6 Å². The van der Waals surface area contributed by atoms with Crippen molar-refractivity contribution in [3.05, 3.63) is 40.1 Å². The molecule has 2 N–H and O–H groups in total. The Morgan fingerprint density at radius 3 is 2.63 bits per heavy atom. The van der Waals surface area contributed by atoms with Crippen molar-refractivity contribution in [1.82, 2.24) is 25.5 Å². The number of hydrogen-bond acceptors (Lipinski definition) is 5. The Hall–Kier alpha value is -1.02. The first-order chi connectivity index (χ1) is 8.65. The molecule has 1 unspecified atom stereocenters. The molecule has 1 heterocycles. The van der Waals surface area contributed by atoms with Crippen LogP contribution in [0.3, 0.4) is 0 Å². The maximum Gasteiger partial charge on any atom is 0.204 e. The van der Waals surface area contributed by atoms with Crippen LogP contribution in [0.15, 0.2) is 28.7 Å². The quantitative estimate of drug-likeness (QED) is 0.642. The standard InChI is InChI=1S/C11H14BrN5O.ClH/c1-17-15-11(14-16-17)10(18)7-13-6-8-2-4-9(12)5-3-8;/h2-5,10,13,18H,6-7H2,1H3;1H/p-1. The van der Waals surface area contributed by atoms with Crippen molar-refractivity contribution >= 4 is 15.9 Å². The van der Waals surface area contributed by atoms with E-state index in [9.17, 15) is 5.11 Å². The SMILES string of the molecule is Cn1nnc(C(O)CNCc2ccc(Br)cc2)n1.[Cl-]. The summed E-state index contributed by atoms with van der Waals surface area (Å²) >= 11 is 3.38. The van der Waals surface area contributed by atoms with Gasteiger partial charge < -0.3 is 22.8 Å². The molecule has 0 saturated carbocycles. The van der Waals surface area contributed by atoms with Crippen molar-refractivity contribution in [2.75, 3.05) is 6.54 Å². The third-order valence-electron chi connectivity index (χ3n) is 2.40. The summed E-state index contributed by atoms with van der Waals surface area (Å²) in [6, 6.07) is 8.00. The predicted octanol–water partition coefficient (Wildman–Crippen LogP) is -2.20. The third-order valence-corrected chi connectivity index (χ3v) is 2.93. The van der Waals surface area contributed by atoms with Crippen LogP contribution in [0.5, 0.6) is 0 Å². The van der Waals surface area contributed by atoms with E-state index in [1.807, 2.05) is 24.3 Å². The molecule has 0 aliphatic rings. The molecule has 0 saturated heterocycles. The Morgan fingerprint density at radius 1 is 1.37 bits per heavy atom. The van der Waals surface area contributed by atoms with Crippen LogP contribution < -0.4 is 17.7 Å². The van der Waals surface area contributed by atoms with Crippen LogP contribution in [0.1, 0.15) is 17.5 Å². The number of hydrogen-bond donors (Lipinski definition) is 2. The van der Waals surface area contributed by atoms with E-state index in [1.165, 1.54) is 4.80 Å². The lowest BCUT2D eigenvalue weighted by Crippen LogP contribution is -3.00. The third kappa shape index (κ3) is 4.87. The fourth-order valence-electron chi connectivity index (χ4n) is 1.48. The number of rotatable bonds is 5. The Bertz CT molecular complexity index is 504. The molecule has 1 aromatic carbocycles. The Kier molecular flexibility index (Phi) is 6.36. The zero-order chi connectivity index (χ0) is 13.0. The Balaban J connectivity index is 0.00000180. The highest BCUT2D eigenvalue weighted by atomic mass is 79.9. The van der Waals surface area contributed by atoms with Gasteiger partial charge in [0.05, 0.1) is 7.05 Å². The van der Waals surface area contributed by atoms with Gasteiger partial charge in [-0.25, -0.2) is 0 Å². The molecule has 0 fully saturated rings. The average molecular weight is 348 g/mol. The molecular weight excluding hydrogens is 334 g/mol. The maximum absolute atomic E-state index is 9.81. The molecule has 1 aromatic heterocycles. The van der Waals surface area contributed by atoms with Crippen LogP contribution in [0.25, 0.3) is 0 Å². The molecule has 0 amide bonds. The van der Waals surface area contributed by atoms with E-state index in [2.05, 4.69) is 36.7 Å². The van der Waals surface area contributed by atoms with Gasteiger partial charge in [-0.2, -0.15) is 4.80 Å². The summed E-state index contributed by atoms with van der Waals surface area (Å²) in [5.41, 5.74) is 1.15. The molecule has 0 aliphatic carbocycles. The molecular formula is C11H14BrClN5O-. The monoisotopic (exact) mass is 346 g/mol. The van der Waals surface area contributed by atoms with Crippen LogP contribution in [-0.2, 0) is 13.6 Å². The molecule has 104 valence electrons. The molecule has 8 heteroatoms. The lowest BCUT2D eigenvalue weighted by Gasteiger charge is -2.08. The number of tetrazole rings is 1. The first-order valence-electron chi connectivity index (χ1n) is 5.52. The first kappa shape index (κ1) is 16.0. The van der Waals surface area contributed by atoms with Gasteiger partial charge >= 0.3 is 0 Å². The average Bonchev–Trinajstić information content (AvgIpc) is 2.78. The minimum atomic E-state index is -0.742. The normalized spacial score (nSPS) is 11.9. The maximum atomic E-state index is 9.81. The summed E-state index contributed by atoms with van der Waals surface area (Å²) in [5, 5.41) is 24.3. The zero-order valence-corrected chi connectivity index (χ0v) is 12.6. The van der Waals surface area contributed by atoms with Crippen LogP contribution in [0, 0.1) is 0 Å². The van der Waals surface area contributed by atoms with Crippen molar-refractivity contribution in [1.29, 1.82) is 0 Å². The number of nitrogens with one attached hydrogen (secondary N) is 1. The second-order valence-corrected chi connectivity index (χ2v) is 4.83. The van der Waals surface area contributed by atoms with Crippen molar-refractivity contribution in [3.63, 3.8) is 0 Å². The van der Waals surface area contributed by atoms with Crippen molar-refractivity contribution < 1.29 is 17.5 Å². The minimum Gasteiger partial charge on any atom is -1.00 e. The molecule has 0 radical (unpaired) electrons. The molecule has 6 nitrogen and oxygen atoms in total. The van der Waals surface area contributed by atoms with Gasteiger partial charge in [-0.3, -0.25) is 0 Å². The van der Waals surface area contributed by atoms with Gasteiger partial charge in [-0.05, 0) is 22.9 Å². The van der Waals surface area contributed by atoms with E-state index in [-0.39, 0.29) is 12.4 Å². The van der Waals surface area contributed by atoms with Crippen LogP contribution in [-0.4, -0.2) is 31.9 Å². The molecule has 0 aliphatic heterocycles. The molecule has 1 atom stereocenters. The van der Waals surface area contributed by atoms with Gasteiger partial charge in [0.2, 0.25) is 5.82 Å². The smallest absolute Gasteiger partial charge is 0.204 e. The van der Waals surface area contributed by atoms with Gasteiger partial charge in [0.1, 0.15) is 6.10 Å². The molecule has 0 bridgehead atoms. The highest BCUT2D eigenvalue weighted by molar-refractivity contribution is 9.10. The highest BCUT2D eigenvalue weighted by Crippen LogP contribution is 2.10. The fraction of sp³-hybridized carbons (Fsp3) is 0.364. The zero-order valence-electron chi connectivity index (χ0n) is 10.3. The summed E-state index contributed by atoms with van der Waals surface area (Å²) in [4.78, 5) is 1.33. The highest BCUT2D eigenvalue weighted by Gasteiger charge is 2.12. The van der Waals surface area contributed by atoms with E-state index in [0.29, 0.717) is 18.9 Å². The summed E-state index contributed by atoms with van der Waals surface area (Å²) in [6.07, 6.45) is -0.742. The van der Waals surface area contributed by atoms with Crippen LogP contribution in [0.4, 0.5) is 0 Å². The van der Waals surface area contributed by atoms with Crippen LogP contribution in [0.2, 0.25) is 0 Å². The number of aliphatic hydroxyl groups is 1. The van der Waals surface area contributed by atoms with Gasteiger partial charge in [0.15, 0.2) is 0 Å². The summed E-state index contributed by atoms with van der Waals surface area (Å²) in [5.74, 6) is 0.334. The minimum absolute atomic E-state index is 0. The summed E-state index contributed by atoms with van der Waals surface area (Å²) in [7, 11) is 1.67. The van der Waals surface area contributed by atoms with E-state index in [4.69, 9.17) is 0 Å². The lowest BCUT2D eigenvalue weighted by atomic mass is 10.2. The molecule has 0 spiro atoms. The number of aromatic nitrogens is 4. The van der Waals surface area contributed by atoms with Gasteiger partial charge in [-0.15, -0.1) is 10.2 Å². The predicted molar refractivity (Wildman–Crippen MR) is 69.6 cm³/mol. The number of benzene rings is 1. The van der Waals surface area contributed by atoms with E-state index in [0.717, 1.165) is 10.0 Å². The number of aryl methyl sites for hydroxylation is 1. The van der Waals surface area contributed by atoms with Gasteiger partial charge in [0.25, 0.3) is 0 Å². The molecule has 2 rings (SSSR count). The van der Waals surface area contributed by atoms with E-state index in [1.54, 1.807) is 7.05 Å². The second-order valence-electron chi connectivity index (χ2n) is 3.91. The molecule has 2 aromatic rings. The largest absolute Gasteiger partial charge is 1.00 e. The summed E-state index contributed by atoms with van der Waals surface area (Å²) < 4.78 is 1.05. The van der Waals surface area contributed by atoms with Gasteiger partial charge in [-0.1, -0.05) is 28.1 Å². The van der Waals surface area contributed by atoms with Crippen molar-refractivity contribution in [2.24, 2.45) is 7.05 Å². The second kappa shape index (κ2) is 7.54. The topological polar surface area (TPSA) is 75.9 Å². The van der Waals surface area contributed by atoms with Crippen LogP contribution >= 0.6 is 15.9 Å². The van der Waals surface area contributed by atoms with E-state index < -0.39 is 6.10 Å². The Morgan fingerprint density at radius 2 is 2.05 bits per heavy atom. The number of aliphatic hydroxyl groups excluding tert-OH is 1. The number of halogens is 2. The lowest BCUT2D eigenvalue weighted by molar-refractivity contribution is -0.00000547. The van der Waals surface area contributed by atoms with Crippen molar-refractivity contribution in [3.8, 4) is 0 Å². The van der Waals surface area contributed by atoms with Gasteiger partial charge in [0, 0.05) is 17.6 Å².